The third-order valence-electron chi connectivity index (χ3n) is 5.77. The SMILES string of the molecule is O=c1oc2ccc(Br)cc2c(-c2cnc3c(c2)COc2ccc(Cl)cc2-3)c1-c1ccccc1. The zero-order valence-corrected chi connectivity index (χ0v) is 19.5. The lowest BCUT2D eigenvalue weighted by molar-refractivity contribution is 0.301. The second-order valence-electron chi connectivity index (χ2n) is 7.81. The molecule has 6 rings (SSSR count). The maximum absolute atomic E-state index is 13.2. The summed E-state index contributed by atoms with van der Waals surface area (Å²) in [6, 6.07) is 22.7. The summed E-state index contributed by atoms with van der Waals surface area (Å²) in [7, 11) is 0. The first-order chi connectivity index (χ1) is 16.1. The zero-order valence-electron chi connectivity index (χ0n) is 17.1. The Morgan fingerprint density at radius 2 is 1.76 bits per heavy atom. The normalized spacial score (nSPS) is 12.2. The molecule has 2 aromatic heterocycles. The lowest BCUT2D eigenvalue weighted by atomic mass is 9.92. The standard InChI is InChI=1S/C27H15BrClNO3/c28-18-6-8-23-20(11-18)24(25(27(31)33-23)15-4-2-1-3-5-15)16-10-17-14-32-22-9-7-19(29)12-21(22)26(17)30-13-16/h1-13H,14H2. The summed E-state index contributed by atoms with van der Waals surface area (Å²) in [6.45, 7) is 0.383. The first-order valence-electron chi connectivity index (χ1n) is 10.3. The molecule has 33 heavy (non-hydrogen) atoms. The number of nitrogens with zero attached hydrogens (tertiary/aromatic N) is 1. The molecule has 0 unspecified atom stereocenters. The molecule has 5 aromatic rings. The van der Waals surface area contributed by atoms with E-state index in [0.29, 0.717) is 22.8 Å². The van der Waals surface area contributed by atoms with Crippen LogP contribution in [0.5, 0.6) is 5.75 Å². The summed E-state index contributed by atoms with van der Waals surface area (Å²) < 4.78 is 12.5. The van der Waals surface area contributed by atoms with Crippen molar-refractivity contribution in [1.29, 1.82) is 0 Å². The van der Waals surface area contributed by atoms with Crippen molar-refractivity contribution in [2.75, 3.05) is 0 Å². The average Bonchev–Trinajstić information content (AvgIpc) is 2.83. The van der Waals surface area contributed by atoms with Crippen molar-refractivity contribution in [2.45, 2.75) is 6.61 Å². The van der Waals surface area contributed by atoms with Crippen molar-refractivity contribution in [3.8, 4) is 39.3 Å². The molecule has 0 amide bonds. The maximum atomic E-state index is 13.2. The van der Waals surface area contributed by atoms with E-state index in [9.17, 15) is 4.79 Å². The molecule has 3 heterocycles. The number of halogens is 2. The molecular weight excluding hydrogens is 502 g/mol. The van der Waals surface area contributed by atoms with Crippen LogP contribution in [0.25, 0.3) is 44.5 Å². The molecule has 0 atom stereocenters. The van der Waals surface area contributed by atoms with E-state index >= 15 is 0 Å². The number of hydrogen-bond donors (Lipinski definition) is 0. The van der Waals surface area contributed by atoms with Crippen molar-refractivity contribution in [1.82, 2.24) is 4.98 Å². The molecule has 4 nitrogen and oxygen atoms in total. The van der Waals surface area contributed by atoms with Gasteiger partial charge in [-0.2, -0.15) is 0 Å². The Morgan fingerprint density at radius 1 is 0.909 bits per heavy atom. The maximum Gasteiger partial charge on any atom is 0.344 e. The topological polar surface area (TPSA) is 52.3 Å². The Kier molecular flexibility index (Phi) is 4.82. The van der Waals surface area contributed by atoms with Crippen LogP contribution in [0.3, 0.4) is 0 Å². The molecule has 0 aliphatic carbocycles. The first-order valence-corrected chi connectivity index (χ1v) is 11.5. The molecule has 0 saturated heterocycles. The fourth-order valence-corrected chi connectivity index (χ4v) is 4.84. The quantitative estimate of drug-likeness (QED) is 0.228. The van der Waals surface area contributed by atoms with Crippen molar-refractivity contribution in [2.24, 2.45) is 0 Å². The predicted molar refractivity (Wildman–Crippen MR) is 134 cm³/mol. The lowest BCUT2D eigenvalue weighted by Gasteiger charge is -2.21. The van der Waals surface area contributed by atoms with Crippen LogP contribution in [0.4, 0.5) is 0 Å². The van der Waals surface area contributed by atoms with Gasteiger partial charge in [-0.1, -0.05) is 57.9 Å². The number of rotatable bonds is 2. The number of aromatic nitrogens is 1. The summed E-state index contributed by atoms with van der Waals surface area (Å²) in [5.41, 5.74) is 5.63. The minimum Gasteiger partial charge on any atom is -0.488 e. The summed E-state index contributed by atoms with van der Waals surface area (Å²) in [5, 5.41) is 1.45. The molecule has 0 bridgehead atoms. The van der Waals surface area contributed by atoms with Gasteiger partial charge in [-0.3, -0.25) is 4.98 Å². The van der Waals surface area contributed by atoms with Gasteiger partial charge >= 0.3 is 5.63 Å². The van der Waals surface area contributed by atoms with E-state index in [1.54, 1.807) is 18.3 Å². The van der Waals surface area contributed by atoms with Gasteiger partial charge in [0.05, 0.1) is 11.3 Å². The van der Waals surface area contributed by atoms with Gasteiger partial charge in [-0.25, -0.2) is 4.79 Å². The Balaban J connectivity index is 1.65. The minimum absolute atomic E-state index is 0.383. The van der Waals surface area contributed by atoms with E-state index in [4.69, 9.17) is 25.7 Å². The van der Waals surface area contributed by atoms with Crippen molar-refractivity contribution in [3.63, 3.8) is 0 Å². The van der Waals surface area contributed by atoms with Gasteiger partial charge in [-0.05, 0) is 48.0 Å². The van der Waals surface area contributed by atoms with Gasteiger partial charge in [-0.15, -0.1) is 0 Å². The Labute approximate surface area is 202 Å². The van der Waals surface area contributed by atoms with Crippen LogP contribution in [0.2, 0.25) is 5.02 Å². The number of pyridine rings is 1. The van der Waals surface area contributed by atoms with Gasteiger partial charge in [0, 0.05) is 43.3 Å². The Morgan fingerprint density at radius 3 is 2.61 bits per heavy atom. The van der Waals surface area contributed by atoms with E-state index in [2.05, 4.69) is 15.9 Å². The molecule has 0 spiro atoms. The first kappa shape index (κ1) is 20.2. The molecule has 3 aromatic carbocycles. The largest absolute Gasteiger partial charge is 0.488 e. The van der Waals surface area contributed by atoms with Crippen molar-refractivity contribution >= 4 is 38.5 Å². The van der Waals surface area contributed by atoms with Gasteiger partial charge in [0.1, 0.15) is 17.9 Å². The number of benzene rings is 3. The van der Waals surface area contributed by atoms with E-state index in [1.165, 1.54) is 0 Å². The van der Waals surface area contributed by atoms with Gasteiger partial charge in [0.25, 0.3) is 0 Å². The van der Waals surface area contributed by atoms with Crippen molar-refractivity contribution in [3.05, 3.63) is 104 Å². The third-order valence-corrected chi connectivity index (χ3v) is 6.49. The fraction of sp³-hybridized carbons (Fsp3) is 0.0370. The van der Waals surface area contributed by atoms with Crippen LogP contribution < -0.4 is 10.4 Å². The summed E-state index contributed by atoms with van der Waals surface area (Å²) in [4.78, 5) is 18.0. The molecule has 160 valence electrons. The Hall–Kier alpha value is -3.41. The van der Waals surface area contributed by atoms with Crippen LogP contribution in [-0.4, -0.2) is 4.98 Å². The second-order valence-corrected chi connectivity index (χ2v) is 9.16. The smallest absolute Gasteiger partial charge is 0.344 e. The van der Waals surface area contributed by atoms with Crippen LogP contribution in [0.1, 0.15) is 5.56 Å². The highest BCUT2D eigenvalue weighted by Crippen LogP contribution is 2.41. The second kappa shape index (κ2) is 7.87. The van der Waals surface area contributed by atoms with Crippen LogP contribution in [0.15, 0.2) is 92.7 Å². The number of fused-ring (bicyclic) bond motifs is 4. The summed E-state index contributed by atoms with van der Waals surface area (Å²) in [5.74, 6) is 0.756. The average molecular weight is 517 g/mol. The van der Waals surface area contributed by atoms with Crippen LogP contribution >= 0.6 is 27.5 Å². The highest BCUT2D eigenvalue weighted by molar-refractivity contribution is 9.10. The van der Waals surface area contributed by atoms with E-state index < -0.39 is 5.63 Å². The zero-order chi connectivity index (χ0) is 22.5. The number of ether oxygens (including phenoxy) is 1. The molecule has 6 heteroatoms. The molecule has 0 saturated carbocycles. The van der Waals surface area contributed by atoms with Gasteiger partial charge < -0.3 is 9.15 Å². The van der Waals surface area contributed by atoms with Gasteiger partial charge in [0.15, 0.2) is 0 Å². The summed E-state index contributed by atoms with van der Waals surface area (Å²) >= 11 is 9.78. The molecule has 1 aliphatic rings. The minimum atomic E-state index is -0.392. The molecule has 0 N–H and O–H groups in total. The van der Waals surface area contributed by atoms with E-state index in [1.807, 2.05) is 60.7 Å². The summed E-state index contributed by atoms with van der Waals surface area (Å²) in [6.07, 6.45) is 1.80. The van der Waals surface area contributed by atoms with E-state index in [0.717, 1.165) is 49.1 Å². The molecule has 0 radical (unpaired) electrons. The third kappa shape index (κ3) is 3.45. The highest BCUT2D eigenvalue weighted by Gasteiger charge is 2.23. The Bertz CT molecular complexity index is 1610. The lowest BCUT2D eigenvalue weighted by Crippen LogP contribution is -2.09. The monoisotopic (exact) mass is 515 g/mol. The van der Waals surface area contributed by atoms with Crippen molar-refractivity contribution < 1.29 is 9.15 Å². The molecular formula is C27H15BrClNO3. The molecule has 0 fully saturated rings. The predicted octanol–water partition coefficient (Wildman–Crippen LogP) is 7.50. The van der Waals surface area contributed by atoms with Crippen LogP contribution in [-0.2, 0) is 6.61 Å². The van der Waals surface area contributed by atoms with E-state index in [-0.39, 0.29) is 0 Å². The van der Waals surface area contributed by atoms with Gasteiger partial charge in [0.2, 0.25) is 0 Å². The highest BCUT2D eigenvalue weighted by atomic mass is 79.9. The number of hydrogen-bond acceptors (Lipinski definition) is 4. The fourth-order valence-electron chi connectivity index (χ4n) is 4.31. The molecule has 1 aliphatic heterocycles. The van der Waals surface area contributed by atoms with Crippen LogP contribution in [0, 0.1) is 0 Å².